The fourth-order valence-corrected chi connectivity index (χ4v) is 3.36. The number of nitrogens with zero attached hydrogens (tertiary/aromatic N) is 1. The van der Waals surface area contributed by atoms with Crippen LogP contribution in [0.1, 0.15) is 54.0 Å². The number of carbonyl (C=O) groups excluding carboxylic acids is 2. The fourth-order valence-electron chi connectivity index (χ4n) is 3.36. The quantitative estimate of drug-likeness (QED) is 0.341. The maximum Gasteiger partial charge on any atom is 0.573 e. The summed E-state index contributed by atoms with van der Waals surface area (Å²) >= 11 is 0. The minimum Gasteiger partial charge on any atom is -0.460 e. The number of nitrogens with one attached hydrogen (secondary N) is 2. The van der Waals surface area contributed by atoms with Gasteiger partial charge in [-0.05, 0) is 56.7 Å². The van der Waals surface area contributed by atoms with E-state index in [1.807, 2.05) is 0 Å². The van der Waals surface area contributed by atoms with Crippen LogP contribution in [-0.4, -0.2) is 33.8 Å². The lowest BCUT2D eigenvalue weighted by molar-refractivity contribution is -0.275. The molecule has 2 aromatic heterocycles. The van der Waals surface area contributed by atoms with E-state index in [-0.39, 0.29) is 22.4 Å². The lowest BCUT2D eigenvalue weighted by Crippen LogP contribution is -2.32. The van der Waals surface area contributed by atoms with Crippen LogP contribution in [0.25, 0.3) is 0 Å². The van der Waals surface area contributed by atoms with Gasteiger partial charge in [0.1, 0.15) is 17.1 Å². The van der Waals surface area contributed by atoms with Gasteiger partial charge in [-0.2, -0.15) is 0 Å². The second kappa shape index (κ2) is 11.0. The van der Waals surface area contributed by atoms with Crippen LogP contribution in [0, 0.1) is 11.6 Å². The first-order chi connectivity index (χ1) is 17.6. The van der Waals surface area contributed by atoms with Crippen molar-refractivity contribution >= 4 is 11.9 Å². The van der Waals surface area contributed by atoms with Crippen molar-refractivity contribution in [3.63, 3.8) is 0 Å². The molecule has 13 heteroatoms. The minimum atomic E-state index is -5.15. The number of hydrogen-bond acceptors (Lipinski definition) is 6. The zero-order valence-electron chi connectivity index (χ0n) is 20.3. The third-order valence-corrected chi connectivity index (χ3v) is 4.85. The largest absolute Gasteiger partial charge is 0.573 e. The molecule has 1 atom stereocenters. The van der Waals surface area contributed by atoms with Gasteiger partial charge < -0.3 is 19.8 Å². The Hall–Kier alpha value is -4.29. The maximum absolute atomic E-state index is 14.6. The molecule has 3 aromatic rings. The molecule has 0 spiro atoms. The van der Waals surface area contributed by atoms with Crippen LogP contribution in [-0.2, 0) is 16.0 Å². The molecule has 0 unspecified atom stereocenters. The van der Waals surface area contributed by atoms with Crippen molar-refractivity contribution in [2.75, 3.05) is 0 Å². The molecule has 1 aromatic carbocycles. The summed E-state index contributed by atoms with van der Waals surface area (Å²) in [5.74, 6) is -5.04. The Kier molecular flexibility index (Phi) is 8.18. The third kappa shape index (κ3) is 7.60. The molecule has 0 aliphatic heterocycles. The number of rotatable bonds is 7. The van der Waals surface area contributed by atoms with Crippen LogP contribution in [0.15, 0.2) is 53.6 Å². The summed E-state index contributed by atoms with van der Waals surface area (Å²) in [4.78, 5) is 43.6. The lowest BCUT2D eigenvalue weighted by Gasteiger charge is -2.21. The van der Waals surface area contributed by atoms with Gasteiger partial charge in [0, 0.05) is 18.0 Å². The van der Waals surface area contributed by atoms with E-state index < -0.39 is 59.2 Å². The van der Waals surface area contributed by atoms with Gasteiger partial charge in [-0.25, -0.2) is 8.78 Å². The Morgan fingerprint density at radius 3 is 2.39 bits per heavy atom. The lowest BCUT2D eigenvalue weighted by atomic mass is 10.0. The summed E-state index contributed by atoms with van der Waals surface area (Å²) in [5, 5.41) is 2.43. The monoisotopic (exact) mass is 539 g/mol. The molecule has 0 aliphatic rings. The number of aromatic amines is 1. The van der Waals surface area contributed by atoms with Crippen LogP contribution < -0.4 is 15.6 Å². The van der Waals surface area contributed by atoms with Crippen molar-refractivity contribution in [1.29, 1.82) is 0 Å². The summed E-state index contributed by atoms with van der Waals surface area (Å²) in [5.41, 5.74) is -2.21. The summed E-state index contributed by atoms with van der Waals surface area (Å²) in [7, 11) is 0. The first-order valence-corrected chi connectivity index (χ1v) is 11.0. The molecule has 0 aliphatic carbocycles. The Labute approximate surface area is 212 Å². The van der Waals surface area contributed by atoms with E-state index in [0.717, 1.165) is 24.4 Å². The molecule has 38 heavy (non-hydrogen) atoms. The molecular weight excluding hydrogens is 517 g/mol. The van der Waals surface area contributed by atoms with Crippen LogP contribution >= 0.6 is 0 Å². The second-order valence-corrected chi connectivity index (χ2v) is 9.02. The van der Waals surface area contributed by atoms with E-state index >= 15 is 0 Å². The van der Waals surface area contributed by atoms with Gasteiger partial charge in [0.25, 0.3) is 11.5 Å². The molecular formula is C25H22F5N3O5. The van der Waals surface area contributed by atoms with E-state index in [9.17, 15) is 36.3 Å². The number of aromatic nitrogens is 2. The molecule has 1 amide bonds. The van der Waals surface area contributed by atoms with E-state index in [2.05, 4.69) is 20.0 Å². The van der Waals surface area contributed by atoms with Crippen LogP contribution in [0.3, 0.4) is 0 Å². The SMILES string of the molecule is CC(C)(C)OC(=O)Cc1cc(C(=O)N[C@@H](c2ccc(OC(F)(F)F)c(F)c2)c2ncccc2F)c[nH]c1=O. The molecule has 202 valence electrons. The highest BCUT2D eigenvalue weighted by atomic mass is 19.4. The third-order valence-electron chi connectivity index (χ3n) is 4.85. The van der Waals surface area contributed by atoms with E-state index in [1.165, 1.54) is 12.3 Å². The van der Waals surface area contributed by atoms with Crippen molar-refractivity contribution < 1.29 is 41.0 Å². The van der Waals surface area contributed by atoms with Crippen molar-refractivity contribution in [3.05, 3.63) is 93.2 Å². The van der Waals surface area contributed by atoms with Gasteiger partial charge in [-0.3, -0.25) is 19.4 Å². The van der Waals surface area contributed by atoms with Crippen molar-refractivity contribution in [2.24, 2.45) is 0 Å². The normalized spacial score (nSPS) is 12.5. The van der Waals surface area contributed by atoms with E-state index in [4.69, 9.17) is 4.74 Å². The smallest absolute Gasteiger partial charge is 0.460 e. The topological polar surface area (TPSA) is 110 Å². The average molecular weight is 539 g/mol. The number of alkyl halides is 3. The highest BCUT2D eigenvalue weighted by molar-refractivity contribution is 5.94. The Morgan fingerprint density at radius 2 is 1.79 bits per heavy atom. The minimum absolute atomic E-state index is 0.0906. The summed E-state index contributed by atoms with van der Waals surface area (Å²) in [6.07, 6.45) is -3.35. The highest BCUT2D eigenvalue weighted by Crippen LogP contribution is 2.30. The maximum atomic E-state index is 14.6. The zero-order chi connectivity index (χ0) is 28.3. The van der Waals surface area contributed by atoms with E-state index in [1.54, 1.807) is 20.8 Å². The molecule has 3 rings (SSSR count). The van der Waals surface area contributed by atoms with Gasteiger partial charge in [-0.1, -0.05) is 6.07 Å². The second-order valence-electron chi connectivity index (χ2n) is 9.02. The molecule has 0 fully saturated rings. The van der Waals surface area contributed by atoms with Crippen molar-refractivity contribution in [3.8, 4) is 5.75 Å². The number of esters is 1. The summed E-state index contributed by atoms with van der Waals surface area (Å²) < 4.78 is 75.4. The zero-order valence-corrected chi connectivity index (χ0v) is 20.3. The van der Waals surface area contributed by atoms with Crippen LogP contribution in [0.2, 0.25) is 0 Å². The summed E-state index contributed by atoms with van der Waals surface area (Å²) in [6, 6.07) is 4.29. The standard InChI is InChI=1S/C25H22F5N3O5/c1-24(2,3)38-19(34)11-14-9-15(12-32-22(14)35)23(36)33-20(21-16(26)5-4-8-31-21)13-6-7-18(17(27)10-13)37-25(28,29)30/h4-10,12,20H,11H2,1-3H3,(H,32,35)(H,33,36)/t20-/m0/s1. The first kappa shape index (κ1) is 28.3. The van der Waals surface area contributed by atoms with E-state index in [0.29, 0.717) is 12.1 Å². The number of carbonyl (C=O) groups is 2. The molecule has 0 radical (unpaired) electrons. The van der Waals surface area contributed by atoms with Gasteiger partial charge in [0.05, 0.1) is 18.0 Å². The number of halogens is 5. The van der Waals surface area contributed by atoms with Gasteiger partial charge in [0.15, 0.2) is 11.6 Å². The Balaban J connectivity index is 1.94. The van der Waals surface area contributed by atoms with Gasteiger partial charge >= 0.3 is 12.3 Å². The molecule has 0 saturated heterocycles. The number of pyridine rings is 2. The molecule has 2 N–H and O–H groups in total. The number of ether oxygens (including phenoxy) is 2. The first-order valence-electron chi connectivity index (χ1n) is 11.0. The van der Waals surface area contributed by atoms with Crippen LogP contribution in [0.4, 0.5) is 22.0 Å². The Bertz CT molecular complexity index is 1400. The average Bonchev–Trinajstić information content (AvgIpc) is 2.78. The van der Waals surface area contributed by atoms with Crippen molar-refractivity contribution in [1.82, 2.24) is 15.3 Å². The predicted molar refractivity (Wildman–Crippen MR) is 123 cm³/mol. The summed E-state index contributed by atoms with van der Waals surface area (Å²) in [6.45, 7) is 4.92. The van der Waals surface area contributed by atoms with Gasteiger partial charge in [0.2, 0.25) is 0 Å². The van der Waals surface area contributed by atoms with Crippen LogP contribution in [0.5, 0.6) is 5.75 Å². The molecule has 0 saturated carbocycles. The molecule has 0 bridgehead atoms. The highest BCUT2D eigenvalue weighted by Gasteiger charge is 2.33. The number of hydrogen-bond donors (Lipinski definition) is 2. The Morgan fingerprint density at radius 1 is 1.08 bits per heavy atom. The fraction of sp³-hybridized carbons (Fsp3) is 0.280. The predicted octanol–water partition coefficient (Wildman–Crippen LogP) is 4.35. The molecule has 8 nitrogen and oxygen atoms in total. The van der Waals surface area contributed by atoms with Crippen molar-refractivity contribution in [2.45, 2.75) is 45.2 Å². The number of amides is 1. The number of benzene rings is 1. The number of H-pyrrole nitrogens is 1. The van der Waals surface area contributed by atoms with Gasteiger partial charge in [-0.15, -0.1) is 13.2 Å². The molecule has 2 heterocycles.